The Morgan fingerprint density at radius 1 is 1.07 bits per heavy atom. The molecule has 2 amide bonds. The van der Waals surface area contributed by atoms with E-state index in [1.54, 1.807) is 6.07 Å². The lowest BCUT2D eigenvalue weighted by molar-refractivity contribution is 0.0774. The summed E-state index contributed by atoms with van der Waals surface area (Å²) in [5, 5.41) is 3.52. The lowest BCUT2D eigenvalue weighted by Gasteiger charge is -2.19. The van der Waals surface area contributed by atoms with Crippen molar-refractivity contribution in [1.29, 1.82) is 0 Å². The van der Waals surface area contributed by atoms with E-state index in [4.69, 9.17) is 11.6 Å². The fourth-order valence-corrected chi connectivity index (χ4v) is 4.05. The van der Waals surface area contributed by atoms with Crippen molar-refractivity contribution in [2.75, 3.05) is 13.1 Å². The molecule has 1 N–H and O–H groups in total. The Hall–Kier alpha value is -2.34. The van der Waals surface area contributed by atoms with Crippen LogP contribution in [0.4, 0.5) is 0 Å². The zero-order chi connectivity index (χ0) is 18.8. The highest BCUT2D eigenvalue weighted by molar-refractivity contribution is 6.31. The molecule has 1 saturated heterocycles. The highest BCUT2D eigenvalue weighted by atomic mass is 35.5. The second-order valence-electron chi connectivity index (χ2n) is 7.11. The summed E-state index contributed by atoms with van der Waals surface area (Å²) in [7, 11) is 0. The van der Waals surface area contributed by atoms with Gasteiger partial charge >= 0.3 is 0 Å². The van der Waals surface area contributed by atoms with E-state index in [-0.39, 0.29) is 11.8 Å². The minimum absolute atomic E-state index is 0.0548. The number of carbonyl (C=O) groups is 2. The van der Waals surface area contributed by atoms with Crippen LogP contribution >= 0.6 is 11.6 Å². The Morgan fingerprint density at radius 2 is 1.81 bits per heavy atom. The van der Waals surface area contributed by atoms with Crippen molar-refractivity contribution in [2.45, 2.75) is 45.2 Å². The molecule has 1 aromatic carbocycles. The van der Waals surface area contributed by atoms with Crippen LogP contribution in [0.15, 0.2) is 24.3 Å². The maximum Gasteiger partial charge on any atom is 0.289 e. The van der Waals surface area contributed by atoms with Gasteiger partial charge in [0.1, 0.15) is 5.69 Å². The van der Waals surface area contributed by atoms with E-state index in [9.17, 15) is 9.59 Å². The van der Waals surface area contributed by atoms with E-state index in [0.29, 0.717) is 23.1 Å². The maximum atomic E-state index is 12.9. The summed E-state index contributed by atoms with van der Waals surface area (Å²) in [4.78, 5) is 32.0. The van der Waals surface area contributed by atoms with Gasteiger partial charge in [0.05, 0.1) is 5.69 Å². The van der Waals surface area contributed by atoms with Crippen molar-refractivity contribution in [3.05, 3.63) is 52.1 Å². The monoisotopic (exact) mass is 386 g/mol. The van der Waals surface area contributed by atoms with Gasteiger partial charge in [0.2, 0.25) is 0 Å². The van der Waals surface area contributed by atoms with Gasteiger partial charge < -0.3 is 14.8 Å². The molecule has 4 rings (SSSR count). The predicted octanol–water partition coefficient (Wildman–Crippen LogP) is 3.04. The van der Waals surface area contributed by atoms with E-state index in [0.717, 1.165) is 63.0 Å². The average Bonchev–Trinajstić information content (AvgIpc) is 3.35. The molecular weight excluding hydrogens is 364 g/mol. The Bertz CT molecular complexity index is 871. The first kappa shape index (κ1) is 18.0. The zero-order valence-corrected chi connectivity index (χ0v) is 16.0. The number of benzene rings is 1. The molecule has 3 heterocycles. The molecule has 27 heavy (non-hydrogen) atoms. The fraction of sp³-hybridized carbons (Fsp3) is 0.450. The lowest BCUT2D eigenvalue weighted by Crippen LogP contribution is -2.31. The Balaban J connectivity index is 1.57. The first-order valence-corrected chi connectivity index (χ1v) is 9.93. The number of hydrogen-bond donors (Lipinski definition) is 1. The minimum Gasteiger partial charge on any atom is -0.347 e. The predicted molar refractivity (Wildman–Crippen MR) is 103 cm³/mol. The molecule has 2 aromatic rings. The van der Waals surface area contributed by atoms with Gasteiger partial charge in [-0.15, -0.1) is 0 Å². The van der Waals surface area contributed by atoms with Crippen LogP contribution in [0.3, 0.4) is 0 Å². The molecule has 0 spiro atoms. The average molecular weight is 387 g/mol. The Kier molecular flexibility index (Phi) is 5.16. The molecular formula is C20H23ClN4O2. The van der Waals surface area contributed by atoms with Crippen LogP contribution in [0.25, 0.3) is 0 Å². The summed E-state index contributed by atoms with van der Waals surface area (Å²) in [6, 6.07) is 7.43. The van der Waals surface area contributed by atoms with E-state index in [1.165, 1.54) is 0 Å². The Morgan fingerprint density at radius 3 is 2.59 bits per heavy atom. The van der Waals surface area contributed by atoms with Crippen LogP contribution in [0.2, 0.25) is 5.02 Å². The van der Waals surface area contributed by atoms with Gasteiger partial charge in [-0.2, -0.15) is 0 Å². The maximum absolute atomic E-state index is 12.9. The van der Waals surface area contributed by atoms with Gasteiger partial charge in [0, 0.05) is 31.2 Å². The van der Waals surface area contributed by atoms with Gasteiger partial charge in [-0.25, -0.2) is 4.98 Å². The van der Waals surface area contributed by atoms with E-state index < -0.39 is 0 Å². The van der Waals surface area contributed by atoms with Crippen LogP contribution in [-0.4, -0.2) is 39.4 Å². The third kappa shape index (κ3) is 3.58. The molecule has 7 heteroatoms. The number of amides is 2. The number of nitrogens with zero attached hydrogens (tertiary/aromatic N) is 3. The largest absolute Gasteiger partial charge is 0.347 e. The zero-order valence-electron chi connectivity index (χ0n) is 15.2. The summed E-state index contributed by atoms with van der Waals surface area (Å²) in [5.41, 5.74) is 2.11. The number of carbonyl (C=O) groups excluding carboxylic acids is 2. The number of likely N-dealkylation sites (tertiary alicyclic amines) is 1. The number of fused-ring (bicyclic) bond motifs is 1. The van der Waals surface area contributed by atoms with Crippen molar-refractivity contribution < 1.29 is 9.59 Å². The number of halogens is 1. The summed E-state index contributed by atoms with van der Waals surface area (Å²) in [5.74, 6) is 0.108. The number of imidazole rings is 1. The smallest absolute Gasteiger partial charge is 0.289 e. The molecule has 0 atom stereocenters. The number of hydrogen-bond acceptors (Lipinski definition) is 3. The molecule has 0 bridgehead atoms. The summed E-state index contributed by atoms with van der Waals surface area (Å²) < 4.78 is 1.95. The van der Waals surface area contributed by atoms with E-state index >= 15 is 0 Å². The third-order valence-electron chi connectivity index (χ3n) is 5.31. The number of nitrogens with one attached hydrogen (secondary N) is 1. The van der Waals surface area contributed by atoms with E-state index in [1.807, 2.05) is 27.7 Å². The molecule has 6 nitrogen and oxygen atoms in total. The standard InChI is InChI=1S/C20H23ClN4O2/c21-15-8-2-1-7-14(15)13-22-19(26)17-16-9-3-4-12-25(16)18(23-17)20(27)24-10-5-6-11-24/h1-2,7-8H,3-6,9-13H2,(H,22,26). The molecule has 2 aliphatic heterocycles. The molecule has 0 saturated carbocycles. The van der Waals surface area contributed by atoms with Gasteiger partial charge in [-0.05, 0) is 43.7 Å². The van der Waals surface area contributed by atoms with Crippen LogP contribution in [0.1, 0.15) is 58.0 Å². The summed E-state index contributed by atoms with van der Waals surface area (Å²) in [6.45, 7) is 2.62. The first-order valence-electron chi connectivity index (χ1n) is 9.55. The van der Waals surface area contributed by atoms with Crippen LogP contribution < -0.4 is 5.32 Å². The molecule has 2 aliphatic rings. The Labute approximate surface area is 163 Å². The molecule has 1 aromatic heterocycles. The topological polar surface area (TPSA) is 67.2 Å². The molecule has 0 radical (unpaired) electrons. The first-order chi connectivity index (χ1) is 13.1. The lowest BCUT2D eigenvalue weighted by atomic mass is 10.1. The normalized spacial score (nSPS) is 16.3. The second-order valence-corrected chi connectivity index (χ2v) is 7.52. The SMILES string of the molecule is O=C(NCc1ccccc1Cl)c1nc(C(=O)N2CCCC2)n2c1CCCC2. The quantitative estimate of drug-likeness (QED) is 0.878. The van der Waals surface area contributed by atoms with Crippen LogP contribution in [-0.2, 0) is 19.5 Å². The molecule has 1 fully saturated rings. The summed E-state index contributed by atoms with van der Waals surface area (Å²) >= 11 is 6.17. The van der Waals surface area contributed by atoms with Crippen LogP contribution in [0, 0.1) is 0 Å². The van der Waals surface area contributed by atoms with E-state index in [2.05, 4.69) is 10.3 Å². The van der Waals surface area contributed by atoms with Crippen molar-refractivity contribution in [3.63, 3.8) is 0 Å². The van der Waals surface area contributed by atoms with Gasteiger partial charge in [0.25, 0.3) is 11.8 Å². The number of aromatic nitrogens is 2. The third-order valence-corrected chi connectivity index (χ3v) is 5.68. The fourth-order valence-electron chi connectivity index (χ4n) is 3.85. The molecule has 0 aliphatic carbocycles. The molecule has 142 valence electrons. The minimum atomic E-state index is -0.249. The van der Waals surface area contributed by atoms with Gasteiger partial charge in [-0.3, -0.25) is 9.59 Å². The number of rotatable bonds is 4. The second kappa shape index (κ2) is 7.72. The van der Waals surface area contributed by atoms with Gasteiger partial charge in [0.15, 0.2) is 5.82 Å². The summed E-state index contributed by atoms with van der Waals surface area (Å²) in [6.07, 6.45) is 4.85. The molecule has 0 unspecified atom stereocenters. The van der Waals surface area contributed by atoms with Crippen molar-refractivity contribution in [1.82, 2.24) is 19.8 Å². The van der Waals surface area contributed by atoms with Crippen molar-refractivity contribution in [3.8, 4) is 0 Å². The highest BCUT2D eigenvalue weighted by Crippen LogP contribution is 2.23. The van der Waals surface area contributed by atoms with Crippen molar-refractivity contribution >= 4 is 23.4 Å². The van der Waals surface area contributed by atoms with Crippen LogP contribution in [0.5, 0.6) is 0 Å². The van der Waals surface area contributed by atoms with Crippen molar-refractivity contribution in [2.24, 2.45) is 0 Å². The highest BCUT2D eigenvalue weighted by Gasteiger charge is 2.30. The van der Waals surface area contributed by atoms with Gasteiger partial charge in [-0.1, -0.05) is 29.8 Å².